The van der Waals surface area contributed by atoms with E-state index < -0.39 is 21.7 Å². The molecule has 0 aliphatic carbocycles. The highest BCUT2D eigenvalue weighted by Crippen LogP contribution is 2.24. The molecule has 1 aromatic rings. The molecule has 1 aromatic carbocycles. The summed E-state index contributed by atoms with van der Waals surface area (Å²) >= 11 is 0. The van der Waals surface area contributed by atoms with Gasteiger partial charge in [-0.15, -0.1) is 0 Å². The number of carbonyl (C=O) groups is 2. The summed E-state index contributed by atoms with van der Waals surface area (Å²) < 4.78 is 28.3. The third kappa shape index (κ3) is 4.94. The second kappa shape index (κ2) is 7.86. The Labute approximate surface area is 147 Å². The summed E-state index contributed by atoms with van der Waals surface area (Å²) in [5, 5.41) is 9.21. The number of carboxylic acid groups (broad SMARTS) is 1. The van der Waals surface area contributed by atoms with Crippen molar-refractivity contribution >= 4 is 21.7 Å². The molecule has 0 unspecified atom stereocenters. The highest BCUT2D eigenvalue weighted by atomic mass is 32.2. The van der Waals surface area contributed by atoms with Crippen LogP contribution in [-0.2, 0) is 19.4 Å². The zero-order valence-corrected chi connectivity index (χ0v) is 15.2. The molecule has 0 spiro atoms. The first-order valence-electron chi connectivity index (χ1n) is 8.15. The monoisotopic (exact) mass is 369 g/mol. The van der Waals surface area contributed by atoms with E-state index in [-0.39, 0.29) is 29.9 Å². The molecular weight excluding hydrogens is 346 g/mol. The van der Waals surface area contributed by atoms with Crippen LogP contribution in [0.25, 0.3) is 0 Å². The summed E-state index contributed by atoms with van der Waals surface area (Å²) in [7, 11) is -3.25. The summed E-state index contributed by atoms with van der Waals surface area (Å²) in [6, 6.07) is 5.68. The minimum atomic E-state index is -3.25. The Morgan fingerprint density at radius 2 is 1.92 bits per heavy atom. The lowest BCUT2D eigenvalue weighted by molar-refractivity contribution is -0.149. The first kappa shape index (κ1) is 19.2. The normalized spacial score (nSPS) is 21.0. The molecule has 7 nitrogen and oxygen atoms in total. The van der Waals surface area contributed by atoms with Gasteiger partial charge in [-0.3, -0.25) is 9.59 Å². The number of nitrogens with zero attached hydrogens (tertiary/aromatic N) is 1. The van der Waals surface area contributed by atoms with E-state index in [1.807, 2.05) is 0 Å². The first-order chi connectivity index (χ1) is 11.7. The van der Waals surface area contributed by atoms with E-state index in [0.29, 0.717) is 25.1 Å². The van der Waals surface area contributed by atoms with Gasteiger partial charge in [-0.25, -0.2) is 8.42 Å². The lowest BCUT2D eigenvalue weighted by Crippen LogP contribution is -2.49. The Hall–Kier alpha value is -2.09. The van der Waals surface area contributed by atoms with Crippen LogP contribution in [0.4, 0.5) is 0 Å². The highest BCUT2D eigenvalue weighted by molar-refractivity contribution is 7.90. The van der Waals surface area contributed by atoms with Crippen LogP contribution in [0.3, 0.4) is 0 Å². The summed E-state index contributed by atoms with van der Waals surface area (Å²) in [5.74, 6) is -1.05. The fourth-order valence-corrected chi connectivity index (χ4v) is 3.64. The molecule has 0 saturated carbocycles. The lowest BCUT2D eigenvalue weighted by atomic mass is 9.90. The van der Waals surface area contributed by atoms with Crippen molar-refractivity contribution in [2.75, 3.05) is 19.4 Å². The van der Waals surface area contributed by atoms with Crippen LogP contribution in [0, 0.1) is 5.92 Å². The molecule has 1 saturated heterocycles. The lowest BCUT2D eigenvalue weighted by Gasteiger charge is -2.37. The second-order valence-electron chi connectivity index (χ2n) is 6.26. The largest absolute Gasteiger partial charge is 0.493 e. The predicted molar refractivity (Wildman–Crippen MR) is 91.2 cm³/mol. The number of piperidine rings is 1. The molecule has 0 aromatic heterocycles. The third-order valence-corrected chi connectivity index (χ3v) is 5.59. The average molecular weight is 369 g/mol. The van der Waals surface area contributed by atoms with E-state index in [2.05, 4.69) is 0 Å². The number of amides is 1. The number of carboxylic acids is 1. The van der Waals surface area contributed by atoms with Crippen molar-refractivity contribution in [3.8, 4) is 5.75 Å². The van der Waals surface area contributed by atoms with E-state index in [1.54, 1.807) is 24.0 Å². The molecule has 1 amide bonds. The van der Waals surface area contributed by atoms with Gasteiger partial charge >= 0.3 is 5.97 Å². The number of likely N-dealkylation sites (tertiary alicyclic amines) is 1. The summed E-state index contributed by atoms with van der Waals surface area (Å²) in [5.41, 5.74) is 0. The maximum absolute atomic E-state index is 12.3. The van der Waals surface area contributed by atoms with Crippen molar-refractivity contribution in [3.63, 3.8) is 0 Å². The fraction of sp³-hybridized carbons (Fsp3) is 0.529. The van der Waals surface area contributed by atoms with E-state index in [1.165, 1.54) is 12.1 Å². The van der Waals surface area contributed by atoms with Crippen LogP contribution >= 0.6 is 0 Å². The minimum Gasteiger partial charge on any atom is -0.493 e. The number of sulfone groups is 1. The van der Waals surface area contributed by atoms with Gasteiger partial charge in [0.05, 0.1) is 23.8 Å². The van der Waals surface area contributed by atoms with Gasteiger partial charge in [0, 0.05) is 18.8 Å². The van der Waals surface area contributed by atoms with E-state index in [0.717, 1.165) is 6.26 Å². The van der Waals surface area contributed by atoms with Crippen molar-refractivity contribution in [1.82, 2.24) is 4.90 Å². The van der Waals surface area contributed by atoms with Crippen LogP contribution < -0.4 is 4.74 Å². The maximum atomic E-state index is 12.3. The Kier molecular flexibility index (Phi) is 6.05. The highest BCUT2D eigenvalue weighted by Gasteiger charge is 2.34. The van der Waals surface area contributed by atoms with E-state index in [4.69, 9.17) is 4.74 Å². The summed E-state index contributed by atoms with van der Waals surface area (Å²) in [4.78, 5) is 25.4. The molecule has 138 valence electrons. The Morgan fingerprint density at radius 1 is 1.28 bits per heavy atom. The van der Waals surface area contributed by atoms with Gasteiger partial charge in [0.25, 0.3) is 0 Å². The van der Waals surface area contributed by atoms with Gasteiger partial charge in [-0.1, -0.05) is 0 Å². The topological polar surface area (TPSA) is 101 Å². The molecule has 1 aliphatic heterocycles. The van der Waals surface area contributed by atoms with E-state index >= 15 is 0 Å². The van der Waals surface area contributed by atoms with Crippen molar-refractivity contribution in [2.24, 2.45) is 5.92 Å². The Bertz CT molecular complexity index is 728. The van der Waals surface area contributed by atoms with Crippen molar-refractivity contribution in [3.05, 3.63) is 24.3 Å². The Balaban J connectivity index is 1.87. The SMILES string of the molecule is C[C@@H]1[C@H](C(=O)O)CCCN1C(=O)CCOc1ccc(S(C)(=O)=O)cc1. The smallest absolute Gasteiger partial charge is 0.308 e. The zero-order chi connectivity index (χ0) is 18.6. The quantitative estimate of drug-likeness (QED) is 0.817. The van der Waals surface area contributed by atoms with E-state index in [9.17, 15) is 23.1 Å². The number of rotatable bonds is 6. The standard InChI is InChI=1S/C17H23NO6S/c1-12-15(17(20)21)4-3-10-18(12)16(19)9-11-24-13-5-7-14(8-6-13)25(2,22)23/h5-8,12,15H,3-4,9-11H2,1-2H3,(H,20,21)/t12-,15-/m1/s1. The molecule has 2 atom stereocenters. The summed E-state index contributed by atoms with van der Waals surface area (Å²) in [6.07, 6.45) is 2.54. The molecule has 2 rings (SSSR count). The Morgan fingerprint density at radius 3 is 2.48 bits per heavy atom. The van der Waals surface area contributed by atoms with Crippen LogP contribution in [0.15, 0.2) is 29.2 Å². The average Bonchev–Trinajstić information content (AvgIpc) is 2.54. The molecule has 8 heteroatoms. The molecule has 1 heterocycles. The molecule has 0 bridgehead atoms. The number of hydrogen-bond donors (Lipinski definition) is 1. The molecule has 1 aliphatic rings. The van der Waals surface area contributed by atoms with Crippen molar-refractivity contribution in [2.45, 2.75) is 37.1 Å². The van der Waals surface area contributed by atoms with Crippen LogP contribution in [0.2, 0.25) is 0 Å². The second-order valence-corrected chi connectivity index (χ2v) is 8.27. The number of aliphatic carboxylic acids is 1. The number of ether oxygens (including phenoxy) is 1. The van der Waals surface area contributed by atoms with Gasteiger partial charge in [-0.05, 0) is 44.0 Å². The molecule has 25 heavy (non-hydrogen) atoms. The van der Waals surface area contributed by atoms with Gasteiger partial charge < -0.3 is 14.7 Å². The zero-order valence-electron chi connectivity index (χ0n) is 14.3. The number of hydrogen-bond acceptors (Lipinski definition) is 5. The molecular formula is C17H23NO6S. The fourth-order valence-electron chi connectivity index (χ4n) is 3.01. The number of benzene rings is 1. The van der Waals surface area contributed by atoms with Crippen molar-refractivity contribution in [1.29, 1.82) is 0 Å². The predicted octanol–water partition coefficient (Wildman–Crippen LogP) is 1.57. The molecule has 1 N–H and O–H groups in total. The van der Waals surface area contributed by atoms with Gasteiger partial charge in [0.15, 0.2) is 9.84 Å². The third-order valence-electron chi connectivity index (χ3n) is 4.46. The molecule has 0 radical (unpaired) electrons. The first-order valence-corrected chi connectivity index (χ1v) is 10.0. The minimum absolute atomic E-state index is 0.133. The molecule has 1 fully saturated rings. The van der Waals surface area contributed by atoms with Crippen molar-refractivity contribution < 1.29 is 27.9 Å². The van der Waals surface area contributed by atoms with Gasteiger partial charge in [-0.2, -0.15) is 0 Å². The van der Waals surface area contributed by atoms with Gasteiger partial charge in [0.1, 0.15) is 5.75 Å². The van der Waals surface area contributed by atoms with Gasteiger partial charge in [0.2, 0.25) is 5.91 Å². The summed E-state index contributed by atoms with van der Waals surface area (Å²) in [6.45, 7) is 2.48. The maximum Gasteiger partial charge on any atom is 0.308 e. The number of carbonyl (C=O) groups excluding carboxylic acids is 1. The van der Waals surface area contributed by atoms with Crippen LogP contribution in [0.1, 0.15) is 26.2 Å². The van der Waals surface area contributed by atoms with Crippen LogP contribution in [-0.4, -0.2) is 55.7 Å². The van der Waals surface area contributed by atoms with Crippen LogP contribution in [0.5, 0.6) is 5.75 Å².